The van der Waals surface area contributed by atoms with E-state index in [1.165, 1.54) is 24.4 Å². The number of rotatable bonds is 14. The van der Waals surface area contributed by atoms with Crippen molar-refractivity contribution in [3.63, 3.8) is 0 Å². The Balaban J connectivity index is 1.40. The summed E-state index contributed by atoms with van der Waals surface area (Å²) in [7, 11) is -7.74. The lowest BCUT2D eigenvalue weighted by Crippen LogP contribution is -2.68. The van der Waals surface area contributed by atoms with Gasteiger partial charge in [0.05, 0.1) is 18.1 Å². The maximum absolute atomic E-state index is 14.0. The highest BCUT2D eigenvalue weighted by atomic mass is 32.2. The lowest BCUT2D eigenvalue weighted by molar-refractivity contribution is -0.156. The molecule has 1 aromatic heterocycles. The van der Waals surface area contributed by atoms with E-state index in [-0.39, 0.29) is 18.1 Å². The van der Waals surface area contributed by atoms with Gasteiger partial charge in [0.15, 0.2) is 12.3 Å². The number of aromatic amines is 1. The normalized spacial score (nSPS) is 20.1. The minimum Gasteiger partial charge on any atom is -0.404 e. The number of ether oxygens (including phenoxy) is 2. The molecule has 0 amide bonds. The minimum absolute atomic E-state index is 0.00809. The van der Waals surface area contributed by atoms with Crippen LogP contribution >= 0.6 is 0 Å². The number of aromatic nitrogens is 2. The van der Waals surface area contributed by atoms with E-state index < -0.39 is 65.4 Å². The summed E-state index contributed by atoms with van der Waals surface area (Å²) < 4.78 is 56.2. The molecular weight excluding hydrogens is 775 g/mol. The molecule has 14 heteroatoms. The first-order valence-electron chi connectivity index (χ1n) is 18.9. The quantitative estimate of drug-likeness (QED) is 0.0861. The van der Waals surface area contributed by atoms with Crippen LogP contribution in [0.25, 0.3) is 10.8 Å². The van der Waals surface area contributed by atoms with E-state index in [1.807, 2.05) is 110 Å². The summed E-state index contributed by atoms with van der Waals surface area (Å²) in [5.41, 5.74) is -1.54. The van der Waals surface area contributed by atoms with Crippen LogP contribution in [0.2, 0.25) is 5.04 Å². The van der Waals surface area contributed by atoms with E-state index in [0.717, 1.165) is 36.8 Å². The van der Waals surface area contributed by atoms with E-state index in [4.69, 9.17) is 28.8 Å². The third kappa shape index (κ3) is 8.02. The SMILES string of the molecule is Cc1ccc(S(=O)(=O)OC[C@]2(CO[Si](c3ccccc3)(c3ccccc3)C(C)(C)C)O[C@@H](n3ccc(=O)[nH]c3=O)[C@H](ON)[C@@H]2OCc2cccc3ccccc23)cc1. The molecule has 58 heavy (non-hydrogen) atoms. The molecule has 2 heterocycles. The Morgan fingerprint density at radius 3 is 2.05 bits per heavy atom. The van der Waals surface area contributed by atoms with Crippen molar-refractivity contribution in [1.29, 1.82) is 0 Å². The number of H-pyrrole nitrogens is 1. The largest absolute Gasteiger partial charge is 0.404 e. The third-order valence-electron chi connectivity index (χ3n) is 10.8. The molecule has 0 saturated carbocycles. The first-order chi connectivity index (χ1) is 27.8. The van der Waals surface area contributed by atoms with E-state index in [2.05, 4.69) is 25.8 Å². The van der Waals surface area contributed by atoms with Crippen LogP contribution in [0.15, 0.2) is 154 Å². The number of nitrogens with zero attached hydrogens (tertiary/aromatic N) is 1. The van der Waals surface area contributed by atoms with Crippen LogP contribution in [0.1, 0.15) is 38.1 Å². The van der Waals surface area contributed by atoms with Crippen LogP contribution in [0.4, 0.5) is 0 Å². The molecule has 0 aliphatic carbocycles. The summed E-state index contributed by atoms with van der Waals surface area (Å²) in [6.07, 6.45) is -2.53. The smallest absolute Gasteiger partial charge is 0.330 e. The van der Waals surface area contributed by atoms with Gasteiger partial charge >= 0.3 is 5.69 Å². The fraction of sp³-hybridized carbons (Fsp3) is 0.273. The Morgan fingerprint density at radius 1 is 0.810 bits per heavy atom. The molecule has 12 nitrogen and oxygen atoms in total. The van der Waals surface area contributed by atoms with Crippen LogP contribution in [0.5, 0.6) is 0 Å². The van der Waals surface area contributed by atoms with E-state index in [0.29, 0.717) is 0 Å². The topological polar surface area (TPSA) is 161 Å². The van der Waals surface area contributed by atoms with Gasteiger partial charge in [-0.2, -0.15) is 8.42 Å². The predicted molar refractivity (Wildman–Crippen MR) is 224 cm³/mol. The first kappa shape index (κ1) is 41.1. The molecule has 0 radical (unpaired) electrons. The molecule has 5 aromatic carbocycles. The van der Waals surface area contributed by atoms with E-state index >= 15 is 0 Å². The van der Waals surface area contributed by atoms with Crippen LogP contribution < -0.4 is 27.5 Å². The maximum atomic E-state index is 14.0. The Labute approximate surface area is 338 Å². The zero-order chi connectivity index (χ0) is 41.1. The molecule has 1 saturated heterocycles. The Bertz CT molecular complexity index is 2540. The highest BCUT2D eigenvalue weighted by Gasteiger charge is 2.61. The first-order valence-corrected chi connectivity index (χ1v) is 22.2. The molecule has 7 rings (SSSR count). The van der Waals surface area contributed by atoms with Gasteiger partial charge in [0.2, 0.25) is 0 Å². The summed E-state index contributed by atoms with van der Waals surface area (Å²) in [6.45, 7) is 7.28. The zero-order valence-corrected chi connectivity index (χ0v) is 34.6. The highest BCUT2D eigenvalue weighted by Crippen LogP contribution is 2.44. The van der Waals surface area contributed by atoms with Crippen molar-refractivity contribution in [3.05, 3.63) is 172 Å². The molecule has 6 aromatic rings. The molecule has 1 aliphatic heterocycles. The Kier molecular flexibility index (Phi) is 11.8. The van der Waals surface area contributed by atoms with Crippen LogP contribution in [-0.2, 0) is 39.6 Å². The van der Waals surface area contributed by atoms with Gasteiger partial charge in [0.25, 0.3) is 24.0 Å². The number of hydrogen-bond acceptors (Lipinski definition) is 10. The number of fused-ring (bicyclic) bond motifs is 1. The second kappa shape index (κ2) is 16.7. The predicted octanol–water partition coefficient (Wildman–Crippen LogP) is 5.09. The molecule has 3 N–H and O–H groups in total. The van der Waals surface area contributed by atoms with Gasteiger partial charge in [-0.3, -0.25) is 23.4 Å². The lowest BCUT2D eigenvalue weighted by atomic mass is 9.96. The van der Waals surface area contributed by atoms with Crippen molar-refractivity contribution in [2.24, 2.45) is 5.90 Å². The maximum Gasteiger partial charge on any atom is 0.330 e. The van der Waals surface area contributed by atoms with E-state index in [9.17, 15) is 18.0 Å². The monoisotopic (exact) mass is 821 g/mol. The van der Waals surface area contributed by atoms with Gasteiger partial charge in [0.1, 0.15) is 18.3 Å². The van der Waals surface area contributed by atoms with Crippen molar-refractivity contribution in [3.8, 4) is 0 Å². The van der Waals surface area contributed by atoms with Gasteiger partial charge in [-0.25, -0.2) is 10.7 Å². The highest BCUT2D eigenvalue weighted by molar-refractivity contribution is 7.86. The zero-order valence-electron chi connectivity index (χ0n) is 32.7. The summed E-state index contributed by atoms with van der Waals surface area (Å²) >= 11 is 0. The van der Waals surface area contributed by atoms with Crippen molar-refractivity contribution in [1.82, 2.24) is 9.55 Å². The number of nitrogens with two attached hydrogens (primary N) is 1. The molecule has 0 spiro atoms. The minimum atomic E-state index is -4.40. The number of aryl methyl sites for hydroxylation is 1. The second-order valence-corrected chi connectivity index (χ2v) is 21.5. The molecule has 4 atom stereocenters. The lowest BCUT2D eigenvalue weighted by Gasteiger charge is -2.45. The summed E-state index contributed by atoms with van der Waals surface area (Å²) in [5, 5.41) is 3.36. The fourth-order valence-electron chi connectivity index (χ4n) is 7.87. The number of nitrogens with one attached hydrogen (secondary N) is 1. The summed E-state index contributed by atoms with van der Waals surface area (Å²) in [6, 6.07) is 41.0. The third-order valence-corrected chi connectivity index (χ3v) is 17.0. The Morgan fingerprint density at radius 2 is 1.43 bits per heavy atom. The average Bonchev–Trinajstić information content (AvgIpc) is 3.52. The van der Waals surface area contributed by atoms with Gasteiger partial charge in [-0.05, 0) is 50.8 Å². The van der Waals surface area contributed by atoms with Gasteiger partial charge < -0.3 is 13.9 Å². The molecule has 0 bridgehead atoms. The van der Waals surface area contributed by atoms with Crippen molar-refractivity contribution >= 4 is 39.6 Å². The molecule has 1 aliphatic rings. The number of hydrogen-bond donors (Lipinski definition) is 2. The second-order valence-electron chi connectivity index (χ2n) is 15.5. The van der Waals surface area contributed by atoms with Gasteiger partial charge in [-0.15, -0.1) is 0 Å². The molecular formula is C44H47N3O9SSi. The molecule has 302 valence electrons. The Hall–Kier alpha value is -5.03. The molecule has 1 fully saturated rings. The van der Waals surface area contributed by atoms with Crippen molar-refractivity contribution in [2.45, 2.75) is 68.3 Å². The number of benzene rings is 5. The standard InChI is InChI=1S/C44H47N3O9SSi/c1-31-22-24-34(25-23-31)57(50,51)53-29-44(30-54-58(43(2,3)4,35-17-7-5-8-18-35)36-19-9-6-10-20-36)40(52-28-33-16-13-15-32-14-11-12-21-37(32)33)39(56-45)41(55-44)47-27-26-38(48)46-42(47)49/h5-27,39-41H,28-30,45H2,1-4H3,(H,46,48,49)/t39-,40+,41-,44-/m1/s1. The van der Waals surface area contributed by atoms with E-state index in [1.54, 1.807) is 12.1 Å². The molecule has 0 unspecified atom stereocenters. The van der Waals surface area contributed by atoms with Crippen molar-refractivity contribution in [2.75, 3.05) is 13.2 Å². The van der Waals surface area contributed by atoms with Crippen LogP contribution in [0.3, 0.4) is 0 Å². The van der Waals surface area contributed by atoms with Crippen molar-refractivity contribution < 1.29 is 31.3 Å². The average molecular weight is 822 g/mol. The van der Waals surface area contributed by atoms with Gasteiger partial charge in [-0.1, -0.05) is 142 Å². The van der Waals surface area contributed by atoms with Crippen LogP contribution in [0, 0.1) is 6.92 Å². The van der Waals surface area contributed by atoms with Crippen LogP contribution in [-0.4, -0.2) is 57.3 Å². The van der Waals surface area contributed by atoms with Gasteiger partial charge in [0, 0.05) is 12.3 Å². The summed E-state index contributed by atoms with van der Waals surface area (Å²) in [4.78, 5) is 33.5. The summed E-state index contributed by atoms with van der Waals surface area (Å²) in [5.74, 6) is 6.09. The fourth-order valence-corrected chi connectivity index (χ4v) is 13.4.